The smallest absolute Gasteiger partial charge is 0.321 e. The average molecular weight is 322 g/mol. The van der Waals surface area contributed by atoms with Gasteiger partial charge in [-0.25, -0.2) is 0 Å². The van der Waals surface area contributed by atoms with E-state index in [1.807, 2.05) is 0 Å². The molecule has 3 nitrogen and oxygen atoms in total. The zero-order valence-corrected chi connectivity index (χ0v) is 11.6. The van der Waals surface area contributed by atoms with Crippen LogP contribution < -0.4 is 10.4 Å². The predicted octanol–water partition coefficient (Wildman–Crippen LogP) is 4.39. The molecule has 23 heavy (non-hydrogen) atoms. The number of amides is 1. The highest BCUT2D eigenvalue weighted by Crippen LogP contribution is 2.38. The molecule has 0 bridgehead atoms. The molecule has 2 aromatic carbocycles. The molecular formula is C16H10F4N2O. The van der Waals surface area contributed by atoms with Crippen LogP contribution in [-0.4, -0.2) is 5.91 Å². The lowest BCUT2D eigenvalue weighted by atomic mass is 10.1. The van der Waals surface area contributed by atoms with Gasteiger partial charge < -0.3 is 5.32 Å². The average Bonchev–Trinajstić information content (AvgIpc) is 2.82. The first-order chi connectivity index (χ1) is 10.9. The van der Waals surface area contributed by atoms with E-state index in [0.717, 1.165) is 18.3 Å². The number of carbonyl (C=O) groups is 1. The van der Waals surface area contributed by atoms with Crippen LogP contribution in [0.3, 0.4) is 0 Å². The molecule has 0 saturated carbocycles. The molecule has 1 heterocycles. The van der Waals surface area contributed by atoms with Gasteiger partial charge in [0.1, 0.15) is 0 Å². The molecule has 3 rings (SSSR count). The lowest BCUT2D eigenvalue weighted by molar-refractivity contribution is -0.137. The van der Waals surface area contributed by atoms with E-state index in [-0.39, 0.29) is 10.7 Å². The lowest BCUT2D eigenvalue weighted by Crippen LogP contribution is -2.14. The fourth-order valence-electron chi connectivity index (χ4n) is 2.35. The van der Waals surface area contributed by atoms with E-state index in [2.05, 4.69) is 5.32 Å². The molecule has 1 aliphatic heterocycles. The van der Waals surface area contributed by atoms with Gasteiger partial charge >= 0.3 is 6.18 Å². The molecule has 0 spiro atoms. The molecule has 118 valence electrons. The maximum Gasteiger partial charge on any atom is 0.418 e. The summed E-state index contributed by atoms with van der Waals surface area (Å²) < 4.78 is 53.2. The standard InChI is InChI=1S/C16H10F4N2O/c17-16(18,19)12-6-2-4-8-14(12)22(20)9-11-10-5-1-3-7-13(10)21-15(11)23/h1-9H,(H,21,23)/b11-9+. The number of para-hydroxylation sites is 2. The van der Waals surface area contributed by atoms with Crippen molar-refractivity contribution >= 4 is 22.9 Å². The number of anilines is 2. The molecule has 0 fully saturated rings. The number of alkyl halides is 3. The SMILES string of the molecule is O=C1Nc2ccccc2/C1=C\N(F)c1ccccc1C(F)(F)F. The second kappa shape index (κ2) is 5.42. The highest BCUT2D eigenvalue weighted by molar-refractivity contribution is 6.31. The topological polar surface area (TPSA) is 32.3 Å². The Bertz CT molecular complexity index is 799. The van der Waals surface area contributed by atoms with Gasteiger partial charge in [-0.05, 0) is 18.2 Å². The molecular weight excluding hydrogens is 312 g/mol. The maximum absolute atomic E-state index is 14.3. The van der Waals surface area contributed by atoms with Gasteiger partial charge in [-0.1, -0.05) is 34.8 Å². The van der Waals surface area contributed by atoms with E-state index < -0.39 is 23.3 Å². The van der Waals surface area contributed by atoms with Gasteiger partial charge in [0.25, 0.3) is 5.91 Å². The molecule has 1 amide bonds. The van der Waals surface area contributed by atoms with Crippen molar-refractivity contribution in [3.63, 3.8) is 0 Å². The number of halogens is 4. The van der Waals surface area contributed by atoms with Crippen LogP contribution in [0.4, 0.5) is 29.0 Å². The van der Waals surface area contributed by atoms with Crippen LogP contribution in [0.5, 0.6) is 0 Å². The van der Waals surface area contributed by atoms with Crippen molar-refractivity contribution in [2.75, 3.05) is 10.4 Å². The second-order valence-electron chi connectivity index (χ2n) is 4.87. The molecule has 0 unspecified atom stereocenters. The Kier molecular flexibility index (Phi) is 3.55. The number of benzene rings is 2. The van der Waals surface area contributed by atoms with E-state index >= 15 is 0 Å². The van der Waals surface area contributed by atoms with E-state index in [1.165, 1.54) is 12.1 Å². The molecule has 0 atom stereocenters. The highest BCUT2D eigenvalue weighted by Gasteiger charge is 2.35. The molecule has 0 aromatic heterocycles. The minimum absolute atomic E-state index is 0.0416. The molecule has 1 aliphatic rings. The Morgan fingerprint density at radius 3 is 2.39 bits per heavy atom. The molecule has 0 aliphatic carbocycles. The Hall–Kier alpha value is -2.83. The molecule has 1 N–H and O–H groups in total. The summed E-state index contributed by atoms with van der Waals surface area (Å²) in [5.41, 5.74) is -0.915. The van der Waals surface area contributed by atoms with Crippen LogP contribution >= 0.6 is 0 Å². The Labute approximate surface area is 128 Å². The first kappa shape index (κ1) is 15.1. The van der Waals surface area contributed by atoms with Crippen molar-refractivity contribution in [2.45, 2.75) is 6.18 Å². The Balaban J connectivity index is 2.03. The number of rotatable bonds is 2. The third-order valence-electron chi connectivity index (χ3n) is 3.39. The predicted molar refractivity (Wildman–Crippen MR) is 78.1 cm³/mol. The Morgan fingerprint density at radius 1 is 1.00 bits per heavy atom. The van der Waals surface area contributed by atoms with Crippen LogP contribution in [0.15, 0.2) is 54.7 Å². The summed E-state index contributed by atoms with van der Waals surface area (Å²) in [5.74, 6) is -0.571. The normalized spacial score (nSPS) is 15.5. The van der Waals surface area contributed by atoms with Crippen molar-refractivity contribution < 1.29 is 22.4 Å². The largest absolute Gasteiger partial charge is 0.418 e. The van der Waals surface area contributed by atoms with Crippen LogP contribution in [0.25, 0.3) is 5.57 Å². The van der Waals surface area contributed by atoms with E-state index in [1.54, 1.807) is 24.3 Å². The van der Waals surface area contributed by atoms with Gasteiger partial charge in [0.05, 0.1) is 23.0 Å². The van der Waals surface area contributed by atoms with E-state index in [4.69, 9.17) is 0 Å². The summed E-state index contributed by atoms with van der Waals surface area (Å²) in [4.78, 5) is 11.9. The summed E-state index contributed by atoms with van der Waals surface area (Å²) in [6.07, 6.45) is -3.94. The molecule has 0 radical (unpaired) electrons. The van der Waals surface area contributed by atoms with Gasteiger partial charge in [-0.15, -0.1) is 0 Å². The van der Waals surface area contributed by atoms with Crippen molar-refractivity contribution in [1.82, 2.24) is 0 Å². The molecule has 0 saturated heterocycles. The fraction of sp³-hybridized carbons (Fsp3) is 0.0625. The fourth-order valence-corrected chi connectivity index (χ4v) is 2.35. The number of fused-ring (bicyclic) bond motifs is 1. The first-order valence-corrected chi connectivity index (χ1v) is 6.62. The third kappa shape index (κ3) is 2.77. The van der Waals surface area contributed by atoms with Crippen LogP contribution in [-0.2, 0) is 11.0 Å². The quantitative estimate of drug-likeness (QED) is 0.505. The zero-order valence-electron chi connectivity index (χ0n) is 11.6. The number of carbonyl (C=O) groups excluding carboxylic acids is 1. The highest BCUT2D eigenvalue weighted by atomic mass is 19.4. The second-order valence-corrected chi connectivity index (χ2v) is 4.87. The van der Waals surface area contributed by atoms with Crippen molar-refractivity contribution in [3.05, 3.63) is 65.9 Å². The summed E-state index contributed by atoms with van der Waals surface area (Å²) in [7, 11) is 0. The van der Waals surface area contributed by atoms with Gasteiger partial charge in [-0.3, -0.25) is 4.79 Å². The Morgan fingerprint density at radius 2 is 1.65 bits per heavy atom. The number of hydrogen-bond acceptors (Lipinski definition) is 2. The van der Waals surface area contributed by atoms with Gasteiger partial charge in [0.2, 0.25) is 0 Å². The van der Waals surface area contributed by atoms with Crippen LogP contribution in [0.1, 0.15) is 11.1 Å². The summed E-state index contributed by atoms with van der Waals surface area (Å²) in [6, 6.07) is 10.8. The monoisotopic (exact) mass is 322 g/mol. The molecule has 7 heteroatoms. The maximum atomic E-state index is 14.3. The van der Waals surface area contributed by atoms with Crippen LogP contribution in [0.2, 0.25) is 0 Å². The third-order valence-corrected chi connectivity index (χ3v) is 3.39. The van der Waals surface area contributed by atoms with Crippen LogP contribution in [0, 0.1) is 0 Å². The molecule has 2 aromatic rings. The number of nitrogens with zero attached hydrogens (tertiary/aromatic N) is 1. The van der Waals surface area contributed by atoms with Crippen molar-refractivity contribution in [2.24, 2.45) is 0 Å². The summed E-state index contributed by atoms with van der Waals surface area (Å²) in [6.45, 7) is 0. The minimum atomic E-state index is -4.70. The van der Waals surface area contributed by atoms with Gasteiger partial charge in [-0.2, -0.15) is 18.3 Å². The number of hydrogen-bond donors (Lipinski definition) is 1. The van der Waals surface area contributed by atoms with E-state index in [9.17, 15) is 22.4 Å². The van der Waals surface area contributed by atoms with Gasteiger partial charge in [0.15, 0.2) is 0 Å². The minimum Gasteiger partial charge on any atom is -0.321 e. The van der Waals surface area contributed by atoms with E-state index in [0.29, 0.717) is 11.3 Å². The first-order valence-electron chi connectivity index (χ1n) is 6.62. The van der Waals surface area contributed by atoms with Crippen molar-refractivity contribution in [3.8, 4) is 0 Å². The summed E-state index contributed by atoms with van der Waals surface area (Å²) in [5, 5.41) is 2.35. The zero-order chi connectivity index (χ0) is 16.6. The van der Waals surface area contributed by atoms with Crippen molar-refractivity contribution in [1.29, 1.82) is 0 Å². The number of nitrogens with one attached hydrogen (secondary N) is 1. The summed E-state index contributed by atoms with van der Waals surface area (Å²) >= 11 is 0. The van der Waals surface area contributed by atoms with Gasteiger partial charge in [0, 0.05) is 11.3 Å². The lowest BCUT2D eigenvalue weighted by Gasteiger charge is -2.16.